The van der Waals surface area contributed by atoms with Crippen LogP contribution < -0.4 is 5.32 Å². The summed E-state index contributed by atoms with van der Waals surface area (Å²) < 4.78 is 27.1. The molecule has 1 fully saturated rings. The van der Waals surface area contributed by atoms with Crippen molar-refractivity contribution >= 4 is 0 Å². The highest BCUT2D eigenvalue weighted by atomic mass is 19.1. The number of halogens is 2. The standard InChI is InChI=1S/C17H17F2N/c1-17(9-2-10-20-17)15-11-13(5-8-16(15)19)12-3-6-14(18)7-4-12/h3-8,11,20H,2,9-10H2,1H3. The second-order valence-electron chi connectivity index (χ2n) is 5.56. The summed E-state index contributed by atoms with van der Waals surface area (Å²) >= 11 is 0. The second-order valence-corrected chi connectivity index (χ2v) is 5.56. The van der Waals surface area contributed by atoms with Gasteiger partial charge in [0.1, 0.15) is 11.6 Å². The molecule has 1 nitrogen and oxygen atoms in total. The van der Waals surface area contributed by atoms with E-state index in [0.717, 1.165) is 30.5 Å². The maximum absolute atomic E-state index is 14.1. The van der Waals surface area contributed by atoms with Crippen molar-refractivity contribution in [2.45, 2.75) is 25.3 Å². The monoisotopic (exact) mass is 273 g/mol. The Kier molecular flexibility index (Phi) is 3.30. The largest absolute Gasteiger partial charge is 0.308 e. The average Bonchev–Trinajstić information content (AvgIpc) is 2.88. The van der Waals surface area contributed by atoms with E-state index in [-0.39, 0.29) is 17.2 Å². The molecule has 0 radical (unpaired) electrons. The first-order valence-corrected chi connectivity index (χ1v) is 6.89. The smallest absolute Gasteiger partial charge is 0.128 e. The molecule has 0 bridgehead atoms. The van der Waals surface area contributed by atoms with Gasteiger partial charge in [0.15, 0.2) is 0 Å². The van der Waals surface area contributed by atoms with Crippen LogP contribution in [-0.2, 0) is 5.54 Å². The molecule has 1 saturated heterocycles. The first-order chi connectivity index (χ1) is 9.58. The molecule has 3 rings (SSSR count). The summed E-state index contributed by atoms with van der Waals surface area (Å²) in [7, 11) is 0. The quantitative estimate of drug-likeness (QED) is 0.863. The number of hydrogen-bond acceptors (Lipinski definition) is 1. The van der Waals surface area contributed by atoms with Crippen molar-refractivity contribution in [2.75, 3.05) is 6.54 Å². The van der Waals surface area contributed by atoms with Crippen LogP contribution in [0.2, 0.25) is 0 Å². The van der Waals surface area contributed by atoms with Gasteiger partial charge >= 0.3 is 0 Å². The minimum absolute atomic E-state index is 0.187. The van der Waals surface area contributed by atoms with Crippen LogP contribution in [0, 0.1) is 11.6 Å². The van der Waals surface area contributed by atoms with Crippen molar-refractivity contribution in [3.05, 3.63) is 59.7 Å². The molecule has 2 aromatic rings. The second kappa shape index (κ2) is 4.98. The summed E-state index contributed by atoms with van der Waals surface area (Å²) in [4.78, 5) is 0. The predicted molar refractivity (Wildman–Crippen MR) is 76.4 cm³/mol. The molecule has 2 aromatic carbocycles. The minimum atomic E-state index is -0.305. The SMILES string of the molecule is CC1(c2cc(-c3ccc(F)cc3)ccc2F)CCCN1. The lowest BCUT2D eigenvalue weighted by Crippen LogP contribution is -2.34. The zero-order valence-corrected chi connectivity index (χ0v) is 11.4. The lowest BCUT2D eigenvalue weighted by Gasteiger charge is -2.26. The molecule has 1 unspecified atom stereocenters. The van der Waals surface area contributed by atoms with E-state index in [1.165, 1.54) is 18.2 Å². The van der Waals surface area contributed by atoms with Gasteiger partial charge in [0, 0.05) is 11.1 Å². The van der Waals surface area contributed by atoms with Crippen LogP contribution in [0.1, 0.15) is 25.3 Å². The molecule has 0 aliphatic carbocycles. The third-order valence-electron chi connectivity index (χ3n) is 4.11. The molecule has 20 heavy (non-hydrogen) atoms. The van der Waals surface area contributed by atoms with Gasteiger partial charge in [-0.05, 0) is 61.7 Å². The Morgan fingerprint density at radius 3 is 2.35 bits per heavy atom. The van der Waals surface area contributed by atoms with Crippen molar-refractivity contribution in [1.29, 1.82) is 0 Å². The van der Waals surface area contributed by atoms with Crippen molar-refractivity contribution in [3.63, 3.8) is 0 Å². The lowest BCUT2D eigenvalue weighted by molar-refractivity contribution is 0.411. The van der Waals surface area contributed by atoms with Crippen LogP contribution in [0.5, 0.6) is 0 Å². The summed E-state index contributed by atoms with van der Waals surface area (Å²) in [5.74, 6) is -0.451. The molecule has 1 atom stereocenters. The van der Waals surface area contributed by atoms with E-state index < -0.39 is 0 Å². The van der Waals surface area contributed by atoms with Crippen LogP contribution >= 0.6 is 0 Å². The Morgan fingerprint density at radius 2 is 1.70 bits per heavy atom. The summed E-state index contributed by atoms with van der Waals surface area (Å²) in [6.45, 7) is 2.95. The highest BCUT2D eigenvalue weighted by molar-refractivity contribution is 5.64. The summed E-state index contributed by atoms with van der Waals surface area (Å²) in [6, 6.07) is 11.4. The van der Waals surface area contributed by atoms with Crippen LogP contribution in [0.25, 0.3) is 11.1 Å². The highest BCUT2D eigenvalue weighted by Crippen LogP contribution is 2.34. The normalized spacial score (nSPS) is 22.1. The third kappa shape index (κ3) is 2.34. The van der Waals surface area contributed by atoms with Gasteiger partial charge in [0.05, 0.1) is 0 Å². The summed E-state index contributed by atoms with van der Waals surface area (Å²) in [5.41, 5.74) is 2.20. The zero-order chi connectivity index (χ0) is 14.2. The molecule has 0 aromatic heterocycles. The predicted octanol–water partition coefficient (Wildman–Crippen LogP) is 4.23. The molecule has 0 amide bonds. The average molecular weight is 273 g/mol. The molecule has 1 heterocycles. The van der Waals surface area contributed by atoms with Gasteiger partial charge in [-0.3, -0.25) is 0 Å². The Hall–Kier alpha value is -1.74. The van der Waals surface area contributed by atoms with E-state index in [9.17, 15) is 8.78 Å². The highest BCUT2D eigenvalue weighted by Gasteiger charge is 2.32. The van der Waals surface area contributed by atoms with E-state index in [4.69, 9.17) is 0 Å². The van der Waals surface area contributed by atoms with Crippen molar-refractivity contribution in [1.82, 2.24) is 5.32 Å². The van der Waals surface area contributed by atoms with Crippen molar-refractivity contribution in [3.8, 4) is 11.1 Å². The Bertz CT molecular complexity index is 613. The Morgan fingerprint density at radius 1 is 1.00 bits per heavy atom. The van der Waals surface area contributed by atoms with E-state index in [1.54, 1.807) is 18.2 Å². The molecule has 1 aliphatic heterocycles. The maximum Gasteiger partial charge on any atom is 0.128 e. The van der Waals surface area contributed by atoms with Crippen LogP contribution in [0.15, 0.2) is 42.5 Å². The molecule has 104 valence electrons. The van der Waals surface area contributed by atoms with Crippen LogP contribution in [0.3, 0.4) is 0 Å². The fourth-order valence-corrected chi connectivity index (χ4v) is 2.89. The number of rotatable bonds is 2. The van der Waals surface area contributed by atoms with Gasteiger partial charge in [0.25, 0.3) is 0 Å². The molecule has 3 heteroatoms. The third-order valence-corrected chi connectivity index (χ3v) is 4.11. The van der Waals surface area contributed by atoms with Gasteiger partial charge in [-0.25, -0.2) is 8.78 Å². The maximum atomic E-state index is 14.1. The van der Waals surface area contributed by atoms with Crippen LogP contribution in [0.4, 0.5) is 8.78 Å². The van der Waals surface area contributed by atoms with Gasteiger partial charge in [-0.15, -0.1) is 0 Å². The molecule has 0 saturated carbocycles. The molecule has 1 aliphatic rings. The van der Waals surface area contributed by atoms with Crippen molar-refractivity contribution < 1.29 is 8.78 Å². The Balaban J connectivity index is 2.04. The molecule has 1 N–H and O–H groups in total. The number of benzene rings is 2. The number of nitrogens with one attached hydrogen (secondary N) is 1. The van der Waals surface area contributed by atoms with Crippen LogP contribution in [-0.4, -0.2) is 6.54 Å². The van der Waals surface area contributed by atoms with Crippen molar-refractivity contribution in [2.24, 2.45) is 0 Å². The van der Waals surface area contributed by atoms with E-state index in [1.807, 2.05) is 13.0 Å². The zero-order valence-electron chi connectivity index (χ0n) is 11.4. The van der Waals surface area contributed by atoms with Gasteiger partial charge in [-0.1, -0.05) is 18.2 Å². The lowest BCUT2D eigenvalue weighted by atomic mass is 9.88. The minimum Gasteiger partial charge on any atom is -0.308 e. The van der Waals surface area contributed by atoms with E-state index in [2.05, 4.69) is 5.32 Å². The van der Waals surface area contributed by atoms with Gasteiger partial charge < -0.3 is 5.32 Å². The molecular formula is C17H17F2N. The van der Waals surface area contributed by atoms with E-state index >= 15 is 0 Å². The van der Waals surface area contributed by atoms with E-state index in [0.29, 0.717) is 5.56 Å². The summed E-state index contributed by atoms with van der Waals surface area (Å²) in [6.07, 6.45) is 1.98. The molecular weight excluding hydrogens is 256 g/mol. The van der Waals surface area contributed by atoms with Gasteiger partial charge in [0.2, 0.25) is 0 Å². The summed E-state index contributed by atoms with van der Waals surface area (Å²) in [5, 5.41) is 3.38. The first kappa shape index (κ1) is 13.3. The fraction of sp³-hybridized carbons (Fsp3) is 0.294. The topological polar surface area (TPSA) is 12.0 Å². The molecule has 0 spiro atoms. The fourth-order valence-electron chi connectivity index (χ4n) is 2.89. The number of hydrogen-bond donors (Lipinski definition) is 1. The Labute approximate surface area is 117 Å². The first-order valence-electron chi connectivity index (χ1n) is 6.89. The van der Waals surface area contributed by atoms with Gasteiger partial charge in [-0.2, -0.15) is 0 Å².